The number of carbonyl (C=O) groups is 2. The first kappa shape index (κ1) is 16.4. The Morgan fingerprint density at radius 3 is 2.67 bits per heavy atom. The molecule has 120 valence electrons. The molecule has 1 aliphatic carbocycles. The van der Waals surface area contributed by atoms with Gasteiger partial charge >= 0.3 is 12.0 Å². The van der Waals surface area contributed by atoms with Crippen molar-refractivity contribution in [2.75, 3.05) is 26.5 Å². The molecule has 21 heavy (non-hydrogen) atoms. The number of amides is 2. The Kier molecular flexibility index (Phi) is 5.75. The van der Waals surface area contributed by atoms with Crippen LogP contribution in [0.25, 0.3) is 0 Å². The third-order valence-corrected chi connectivity index (χ3v) is 5.67. The van der Waals surface area contributed by atoms with Crippen LogP contribution in [-0.4, -0.2) is 65.9 Å². The van der Waals surface area contributed by atoms with E-state index >= 15 is 0 Å². The fraction of sp³-hybridized carbons (Fsp3) is 0.857. The van der Waals surface area contributed by atoms with Crippen molar-refractivity contribution in [2.24, 2.45) is 5.92 Å². The van der Waals surface area contributed by atoms with E-state index in [1.165, 1.54) is 11.3 Å². The molecule has 7 heteroatoms. The van der Waals surface area contributed by atoms with Crippen molar-refractivity contribution in [3.63, 3.8) is 0 Å². The molecule has 2 rings (SSSR count). The molecule has 2 aliphatic rings. The van der Waals surface area contributed by atoms with Gasteiger partial charge in [0.15, 0.2) is 0 Å². The molecule has 0 aromatic heterocycles. The van der Waals surface area contributed by atoms with Crippen LogP contribution in [0.1, 0.15) is 25.7 Å². The molecule has 6 nitrogen and oxygen atoms in total. The average molecular weight is 316 g/mol. The van der Waals surface area contributed by atoms with Gasteiger partial charge in [0.05, 0.1) is 19.3 Å². The maximum atomic E-state index is 12.4. The number of hydrogen-bond acceptors (Lipinski definition) is 4. The minimum atomic E-state index is -0.906. The van der Waals surface area contributed by atoms with Crippen molar-refractivity contribution in [3.05, 3.63) is 0 Å². The monoisotopic (exact) mass is 316 g/mol. The Morgan fingerprint density at radius 1 is 1.29 bits per heavy atom. The Bertz CT molecular complexity index is 393. The summed E-state index contributed by atoms with van der Waals surface area (Å²) in [5, 5.41) is 12.7. The summed E-state index contributed by atoms with van der Waals surface area (Å²) in [6.45, 7) is 0.464. The van der Waals surface area contributed by atoms with Gasteiger partial charge in [-0.3, -0.25) is 4.79 Å². The molecule has 4 unspecified atom stereocenters. The summed E-state index contributed by atoms with van der Waals surface area (Å²) in [5.41, 5.74) is 0. The van der Waals surface area contributed by atoms with Crippen LogP contribution in [0.2, 0.25) is 0 Å². The normalized spacial score (nSPS) is 32.7. The number of carboxylic acid groups (broad SMARTS) is 1. The number of urea groups is 1. The van der Waals surface area contributed by atoms with E-state index in [4.69, 9.17) is 4.74 Å². The lowest BCUT2D eigenvalue weighted by Crippen LogP contribution is -2.53. The van der Waals surface area contributed by atoms with Crippen LogP contribution in [0.4, 0.5) is 4.79 Å². The zero-order valence-corrected chi connectivity index (χ0v) is 13.4. The van der Waals surface area contributed by atoms with Gasteiger partial charge in [0.25, 0.3) is 0 Å². The Hall–Kier alpha value is -0.950. The van der Waals surface area contributed by atoms with Crippen molar-refractivity contribution in [3.8, 4) is 0 Å². The summed E-state index contributed by atoms with van der Waals surface area (Å²) in [7, 11) is 1.65. The molecular formula is C14H24N2O4S. The number of nitrogens with one attached hydrogen (secondary N) is 1. The van der Waals surface area contributed by atoms with Crippen LogP contribution < -0.4 is 5.32 Å². The van der Waals surface area contributed by atoms with Crippen LogP contribution >= 0.6 is 11.8 Å². The topological polar surface area (TPSA) is 78.9 Å². The van der Waals surface area contributed by atoms with Crippen molar-refractivity contribution >= 4 is 23.8 Å². The summed E-state index contributed by atoms with van der Waals surface area (Å²) in [6.07, 6.45) is 6.54. The maximum absolute atomic E-state index is 12.4. The van der Waals surface area contributed by atoms with Gasteiger partial charge in [-0.15, -0.1) is 0 Å². The Morgan fingerprint density at radius 2 is 2.00 bits per heavy atom. The quantitative estimate of drug-likeness (QED) is 0.820. The fourth-order valence-electron chi connectivity index (χ4n) is 3.12. The number of carbonyl (C=O) groups excluding carboxylic acids is 1. The van der Waals surface area contributed by atoms with Crippen molar-refractivity contribution in [1.29, 1.82) is 0 Å². The number of carboxylic acids is 1. The summed E-state index contributed by atoms with van der Waals surface area (Å²) in [6, 6.07) is -0.407. The molecule has 0 aromatic rings. The van der Waals surface area contributed by atoms with Crippen molar-refractivity contribution < 1.29 is 19.4 Å². The second-order valence-corrected chi connectivity index (χ2v) is 6.85. The third-order valence-electron chi connectivity index (χ3n) is 4.50. The molecule has 2 amide bonds. The predicted molar refractivity (Wildman–Crippen MR) is 81.6 cm³/mol. The number of hydrogen-bond donors (Lipinski definition) is 2. The average Bonchev–Trinajstić information content (AvgIpc) is 2.96. The zero-order chi connectivity index (χ0) is 15.4. The second kappa shape index (κ2) is 7.35. The molecule has 0 spiro atoms. The van der Waals surface area contributed by atoms with Gasteiger partial charge < -0.3 is 20.1 Å². The Balaban J connectivity index is 1.94. The van der Waals surface area contributed by atoms with Crippen LogP contribution in [-0.2, 0) is 9.53 Å². The number of aliphatic carboxylic acids is 1. The first-order valence-corrected chi connectivity index (χ1v) is 8.70. The molecule has 0 radical (unpaired) electrons. The van der Waals surface area contributed by atoms with Gasteiger partial charge in [-0.05, 0) is 19.1 Å². The van der Waals surface area contributed by atoms with Gasteiger partial charge in [-0.1, -0.05) is 12.8 Å². The second-order valence-electron chi connectivity index (χ2n) is 5.78. The highest BCUT2D eigenvalue weighted by atomic mass is 32.2. The lowest BCUT2D eigenvalue weighted by Gasteiger charge is -2.34. The molecular weight excluding hydrogens is 292 g/mol. The van der Waals surface area contributed by atoms with E-state index < -0.39 is 11.9 Å². The van der Waals surface area contributed by atoms with Gasteiger partial charge in [-0.25, -0.2) is 4.79 Å². The molecule has 1 aliphatic heterocycles. The molecule has 2 N–H and O–H groups in total. The van der Waals surface area contributed by atoms with Gasteiger partial charge in [0.1, 0.15) is 5.92 Å². The lowest BCUT2D eigenvalue weighted by atomic mass is 9.95. The van der Waals surface area contributed by atoms with Crippen molar-refractivity contribution in [1.82, 2.24) is 10.2 Å². The molecule has 2 fully saturated rings. The highest BCUT2D eigenvalue weighted by Gasteiger charge is 2.39. The van der Waals surface area contributed by atoms with Gasteiger partial charge in [0, 0.05) is 18.3 Å². The maximum Gasteiger partial charge on any atom is 0.317 e. The van der Waals surface area contributed by atoms with Crippen molar-refractivity contribution in [2.45, 2.75) is 43.0 Å². The highest BCUT2D eigenvalue weighted by Crippen LogP contribution is 2.27. The van der Waals surface area contributed by atoms with E-state index in [1.807, 2.05) is 0 Å². The molecule has 0 bridgehead atoms. The van der Waals surface area contributed by atoms with Crippen LogP contribution in [0.3, 0.4) is 0 Å². The minimum absolute atomic E-state index is 0.175. The van der Waals surface area contributed by atoms with E-state index in [0.717, 1.165) is 19.3 Å². The summed E-state index contributed by atoms with van der Waals surface area (Å²) < 4.78 is 5.23. The lowest BCUT2D eigenvalue weighted by molar-refractivity contribution is -0.142. The summed E-state index contributed by atoms with van der Waals surface area (Å²) >= 11 is 1.79. The number of nitrogens with zero attached hydrogens (tertiary/aromatic N) is 1. The standard InChI is InChI=1S/C14H24N2O4S/c1-16(11-8-20-7-9(11)13(17)18)14(19)15-10-5-3-4-6-12(10)21-2/h9-12H,3-8H2,1-2H3,(H,15,19)(H,17,18). The van der Waals surface area contributed by atoms with E-state index in [0.29, 0.717) is 5.25 Å². The van der Waals surface area contributed by atoms with E-state index in [1.54, 1.807) is 18.8 Å². The largest absolute Gasteiger partial charge is 0.481 e. The zero-order valence-electron chi connectivity index (χ0n) is 12.6. The van der Waals surface area contributed by atoms with Gasteiger partial charge in [-0.2, -0.15) is 11.8 Å². The minimum Gasteiger partial charge on any atom is -0.481 e. The highest BCUT2D eigenvalue weighted by molar-refractivity contribution is 7.99. The van der Waals surface area contributed by atoms with E-state index in [-0.39, 0.29) is 31.3 Å². The van der Waals surface area contributed by atoms with Gasteiger partial charge in [0.2, 0.25) is 0 Å². The summed E-state index contributed by atoms with van der Waals surface area (Å²) in [4.78, 5) is 25.1. The van der Waals surface area contributed by atoms with Crippen LogP contribution in [0.15, 0.2) is 0 Å². The van der Waals surface area contributed by atoms with Crippen LogP contribution in [0.5, 0.6) is 0 Å². The molecule has 1 heterocycles. The molecule has 1 saturated heterocycles. The predicted octanol–water partition coefficient (Wildman–Crippen LogP) is 1.40. The third kappa shape index (κ3) is 3.83. The first-order chi connectivity index (χ1) is 10.0. The Labute approximate surface area is 129 Å². The number of likely N-dealkylation sites (N-methyl/N-ethyl adjacent to an activating group) is 1. The molecule has 0 aromatic carbocycles. The fourth-order valence-corrected chi connectivity index (χ4v) is 4.05. The first-order valence-electron chi connectivity index (χ1n) is 7.41. The van der Waals surface area contributed by atoms with Crippen LogP contribution in [0, 0.1) is 5.92 Å². The SMILES string of the molecule is CSC1CCCCC1NC(=O)N(C)C1COCC1C(=O)O. The smallest absolute Gasteiger partial charge is 0.317 e. The number of rotatable bonds is 4. The van der Waals surface area contributed by atoms with E-state index in [9.17, 15) is 14.7 Å². The number of ether oxygens (including phenoxy) is 1. The number of thioether (sulfide) groups is 1. The van der Waals surface area contributed by atoms with E-state index in [2.05, 4.69) is 11.6 Å². The molecule has 1 saturated carbocycles. The molecule has 4 atom stereocenters. The summed E-state index contributed by atoms with van der Waals surface area (Å²) in [5.74, 6) is -1.54.